The molecule has 1 aromatic rings. The molecule has 6 heteroatoms. The molecule has 1 rings (SSSR count). The minimum atomic E-state index is -0.543. The Balaban J connectivity index is 2.59. The molecule has 0 saturated carbocycles. The number of amides is 1. The highest BCUT2D eigenvalue weighted by atomic mass is 16.6. The van der Waals surface area contributed by atoms with E-state index in [1.165, 1.54) is 12.1 Å². The molecular weight excluding hydrogens is 296 g/mol. The van der Waals surface area contributed by atoms with E-state index in [1.807, 2.05) is 41.5 Å². The molecule has 0 aliphatic carbocycles. The van der Waals surface area contributed by atoms with Crippen LogP contribution in [-0.2, 0) is 4.74 Å². The quantitative estimate of drug-likeness (QED) is 0.668. The molecule has 130 valence electrons. The van der Waals surface area contributed by atoms with Crippen molar-refractivity contribution < 1.29 is 19.7 Å². The fourth-order valence-electron chi connectivity index (χ4n) is 2.04. The Hall–Kier alpha value is -1.95. The molecule has 0 aliphatic rings. The van der Waals surface area contributed by atoms with Crippen LogP contribution in [-0.4, -0.2) is 34.0 Å². The van der Waals surface area contributed by atoms with Crippen LogP contribution >= 0.6 is 0 Å². The first kappa shape index (κ1) is 19.1. The highest BCUT2D eigenvalue weighted by Crippen LogP contribution is 2.27. The monoisotopic (exact) mass is 324 g/mol. The zero-order valence-corrected chi connectivity index (χ0v) is 14.7. The van der Waals surface area contributed by atoms with Gasteiger partial charge in [-0.1, -0.05) is 6.07 Å². The summed E-state index contributed by atoms with van der Waals surface area (Å²) in [6.07, 6.45) is -0.468. The number of carbonyl (C=O) groups excluding carboxylic acids is 1. The first-order chi connectivity index (χ1) is 10.4. The summed E-state index contributed by atoms with van der Waals surface area (Å²) in [7, 11) is 0. The molecule has 0 spiro atoms. The van der Waals surface area contributed by atoms with Crippen molar-refractivity contribution in [1.82, 2.24) is 10.6 Å². The van der Waals surface area contributed by atoms with E-state index in [0.717, 1.165) is 0 Å². The number of nitrogens with one attached hydrogen (secondary N) is 2. The van der Waals surface area contributed by atoms with Crippen LogP contribution in [0.15, 0.2) is 18.2 Å². The molecule has 0 bridgehead atoms. The van der Waals surface area contributed by atoms with Crippen LogP contribution in [0.2, 0.25) is 0 Å². The lowest BCUT2D eigenvalue weighted by Crippen LogP contribution is -2.51. The molecule has 1 aromatic carbocycles. The number of benzene rings is 1. The second-order valence-electron chi connectivity index (χ2n) is 7.36. The summed E-state index contributed by atoms with van der Waals surface area (Å²) in [6, 6.07) is 4.35. The summed E-state index contributed by atoms with van der Waals surface area (Å²) in [5.74, 6) is 0.0493. The maximum atomic E-state index is 11.9. The van der Waals surface area contributed by atoms with Gasteiger partial charge in [0.05, 0.1) is 5.54 Å². The molecule has 0 radical (unpaired) electrons. The van der Waals surface area contributed by atoms with Crippen molar-refractivity contribution in [3.63, 3.8) is 0 Å². The largest absolute Gasteiger partial charge is 0.508 e. The minimum absolute atomic E-state index is 0.0189. The third kappa shape index (κ3) is 6.78. The van der Waals surface area contributed by atoms with Crippen LogP contribution in [0.25, 0.3) is 0 Å². The number of alkyl carbamates (subject to hydrolysis) is 1. The molecule has 23 heavy (non-hydrogen) atoms. The van der Waals surface area contributed by atoms with Gasteiger partial charge in [0.25, 0.3) is 0 Å². The molecule has 0 aromatic heterocycles. The molecule has 1 unspecified atom stereocenters. The Kier molecular flexibility index (Phi) is 5.88. The number of phenolic OH excluding ortho intramolecular Hbond substituents is 2. The molecule has 0 aliphatic heterocycles. The molecule has 0 saturated heterocycles. The Morgan fingerprint density at radius 2 is 1.83 bits per heavy atom. The van der Waals surface area contributed by atoms with E-state index in [1.54, 1.807) is 6.07 Å². The molecule has 1 atom stereocenters. The summed E-state index contributed by atoms with van der Waals surface area (Å²) in [4.78, 5) is 11.9. The van der Waals surface area contributed by atoms with Gasteiger partial charge in [0, 0.05) is 24.2 Å². The average molecular weight is 324 g/mol. The summed E-state index contributed by atoms with van der Waals surface area (Å²) < 4.78 is 5.25. The Morgan fingerprint density at radius 3 is 2.35 bits per heavy atom. The molecule has 6 nitrogen and oxygen atoms in total. The number of rotatable bonds is 5. The standard InChI is InChI=1S/C17H28N2O4/c1-11(13-8-7-12(20)9-14(13)21)18-10-17(5,6)19-15(22)23-16(2,3)4/h7-9,11,18,20-21H,10H2,1-6H3,(H,19,22). The van der Waals surface area contributed by atoms with E-state index < -0.39 is 17.2 Å². The lowest BCUT2D eigenvalue weighted by molar-refractivity contribution is 0.0471. The van der Waals surface area contributed by atoms with Gasteiger partial charge in [-0.3, -0.25) is 0 Å². The van der Waals surface area contributed by atoms with Crippen molar-refractivity contribution >= 4 is 6.09 Å². The topological polar surface area (TPSA) is 90.8 Å². The average Bonchev–Trinajstić information content (AvgIpc) is 2.32. The van der Waals surface area contributed by atoms with Crippen LogP contribution in [0.3, 0.4) is 0 Å². The summed E-state index contributed by atoms with van der Waals surface area (Å²) in [5.41, 5.74) is -0.391. The zero-order chi connectivity index (χ0) is 17.8. The van der Waals surface area contributed by atoms with Crippen LogP contribution in [0.1, 0.15) is 53.1 Å². The van der Waals surface area contributed by atoms with Crippen molar-refractivity contribution in [3.8, 4) is 11.5 Å². The van der Waals surface area contributed by atoms with Crippen molar-refractivity contribution in [2.75, 3.05) is 6.54 Å². The van der Waals surface area contributed by atoms with E-state index in [4.69, 9.17) is 4.74 Å². The van der Waals surface area contributed by atoms with E-state index in [2.05, 4.69) is 10.6 Å². The van der Waals surface area contributed by atoms with Crippen molar-refractivity contribution in [2.24, 2.45) is 0 Å². The Bertz CT molecular complexity index is 550. The summed E-state index contributed by atoms with van der Waals surface area (Å²) in [6.45, 7) is 11.6. The van der Waals surface area contributed by atoms with Crippen LogP contribution in [0.4, 0.5) is 4.79 Å². The van der Waals surface area contributed by atoms with Crippen LogP contribution < -0.4 is 10.6 Å². The maximum absolute atomic E-state index is 11.9. The van der Waals surface area contributed by atoms with Gasteiger partial charge in [-0.15, -0.1) is 0 Å². The number of hydrogen-bond acceptors (Lipinski definition) is 5. The first-order valence-electron chi connectivity index (χ1n) is 7.66. The Labute approximate surface area is 137 Å². The molecule has 1 amide bonds. The fraction of sp³-hybridized carbons (Fsp3) is 0.588. The minimum Gasteiger partial charge on any atom is -0.508 e. The lowest BCUT2D eigenvalue weighted by Gasteiger charge is -2.30. The van der Waals surface area contributed by atoms with Crippen LogP contribution in [0, 0.1) is 0 Å². The first-order valence-corrected chi connectivity index (χ1v) is 7.66. The summed E-state index contributed by atoms with van der Waals surface area (Å²) in [5, 5.41) is 25.3. The summed E-state index contributed by atoms with van der Waals surface area (Å²) >= 11 is 0. The number of ether oxygens (including phenoxy) is 1. The van der Waals surface area contributed by atoms with Gasteiger partial charge in [0.15, 0.2) is 0 Å². The maximum Gasteiger partial charge on any atom is 0.408 e. The SMILES string of the molecule is CC(NCC(C)(C)NC(=O)OC(C)(C)C)c1ccc(O)cc1O. The van der Waals surface area contributed by atoms with Gasteiger partial charge in [-0.25, -0.2) is 4.79 Å². The van der Waals surface area contributed by atoms with Gasteiger partial charge < -0.3 is 25.6 Å². The van der Waals surface area contributed by atoms with Crippen LogP contribution in [0.5, 0.6) is 11.5 Å². The lowest BCUT2D eigenvalue weighted by atomic mass is 10.0. The smallest absolute Gasteiger partial charge is 0.408 e. The highest BCUT2D eigenvalue weighted by Gasteiger charge is 2.25. The van der Waals surface area contributed by atoms with E-state index in [-0.39, 0.29) is 17.5 Å². The normalized spacial score (nSPS) is 13.5. The zero-order valence-electron chi connectivity index (χ0n) is 14.7. The predicted molar refractivity (Wildman–Crippen MR) is 89.6 cm³/mol. The van der Waals surface area contributed by atoms with E-state index in [0.29, 0.717) is 12.1 Å². The van der Waals surface area contributed by atoms with Crippen molar-refractivity contribution in [3.05, 3.63) is 23.8 Å². The van der Waals surface area contributed by atoms with Crippen molar-refractivity contribution in [1.29, 1.82) is 0 Å². The number of hydrogen-bond donors (Lipinski definition) is 4. The molecule has 0 fully saturated rings. The third-order valence-electron chi connectivity index (χ3n) is 3.17. The number of phenols is 2. The van der Waals surface area contributed by atoms with Gasteiger partial charge >= 0.3 is 6.09 Å². The van der Waals surface area contributed by atoms with Gasteiger partial charge in [-0.05, 0) is 47.6 Å². The predicted octanol–water partition coefficient (Wildman–Crippen LogP) is 3.05. The van der Waals surface area contributed by atoms with Gasteiger partial charge in [-0.2, -0.15) is 0 Å². The fourth-order valence-corrected chi connectivity index (χ4v) is 2.04. The number of carbonyl (C=O) groups is 1. The second kappa shape index (κ2) is 7.08. The van der Waals surface area contributed by atoms with Crippen molar-refractivity contribution in [2.45, 2.75) is 58.7 Å². The van der Waals surface area contributed by atoms with E-state index >= 15 is 0 Å². The highest BCUT2D eigenvalue weighted by molar-refractivity contribution is 5.68. The molecule has 0 heterocycles. The van der Waals surface area contributed by atoms with Gasteiger partial charge in [0.1, 0.15) is 17.1 Å². The number of aromatic hydroxyl groups is 2. The molecule has 4 N–H and O–H groups in total. The second-order valence-corrected chi connectivity index (χ2v) is 7.36. The van der Waals surface area contributed by atoms with E-state index in [9.17, 15) is 15.0 Å². The van der Waals surface area contributed by atoms with Gasteiger partial charge in [0.2, 0.25) is 0 Å². The molecular formula is C17H28N2O4. The Morgan fingerprint density at radius 1 is 1.22 bits per heavy atom. The third-order valence-corrected chi connectivity index (χ3v) is 3.17.